The lowest BCUT2D eigenvalue weighted by molar-refractivity contribution is -0.125. The third-order valence-corrected chi connectivity index (χ3v) is 3.73. The zero-order valence-corrected chi connectivity index (χ0v) is 10.9. The van der Waals surface area contributed by atoms with Crippen molar-refractivity contribution in [2.45, 2.75) is 25.3 Å². The Kier molecular flexibility index (Phi) is 3.87. The van der Waals surface area contributed by atoms with Crippen molar-refractivity contribution in [2.24, 2.45) is 5.73 Å². The second kappa shape index (κ2) is 5.40. The minimum atomic E-state index is -0.514. The summed E-state index contributed by atoms with van der Waals surface area (Å²) in [6, 6.07) is 10.3. The molecule has 3 N–H and O–H groups in total. The molecule has 1 fully saturated rings. The third-order valence-electron chi connectivity index (χ3n) is 3.73. The first-order valence-electron chi connectivity index (χ1n) is 6.53. The molecular formula is C14H21N3O. The van der Waals surface area contributed by atoms with Crippen LogP contribution in [0, 0.1) is 0 Å². The van der Waals surface area contributed by atoms with Crippen LogP contribution in [0.1, 0.15) is 19.8 Å². The van der Waals surface area contributed by atoms with Gasteiger partial charge in [-0.25, -0.2) is 0 Å². The third kappa shape index (κ3) is 2.48. The highest BCUT2D eigenvalue weighted by atomic mass is 16.1. The molecule has 1 aliphatic heterocycles. The minimum Gasteiger partial charge on any atom is -0.371 e. The van der Waals surface area contributed by atoms with Gasteiger partial charge in [-0.15, -0.1) is 0 Å². The van der Waals surface area contributed by atoms with Gasteiger partial charge >= 0.3 is 0 Å². The van der Waals surface area contributed by atoms with Crippen molar-refractivity contribution in [3.05, 3.63) is 30.3 Å². The van der Waals surface area contributed by atoms with E-state index in [1.165, 1.54) is 5.69 Å². The zero-order chi connectivity index (χ0) is 13.0. The monoisotopic (exact) mass is 247 g/mol. The van der Waals surface area contributed by atoms with Crippen LogP contribution < -0.4 is 16.0 Å². The molecule has 4 nitrogen and oxygen atoms in total. The van der Waals surface area contributed by atoms with Gasteiger partial charge in [0, 0.05) is 18.8 Å². The van der Waals surface area contributed by atoms with Crippen molar-refractivity contribution in [2.75, 3.05) is 24.5 Å². The number of hydrogen-bond acceptors (Lipinski definition) is 3. The van der Waals surface area contributed by atoms with Crippen molar-refractivity contribution in [1.29, 1.82) is 0 Å². The normalized spacial score (nSPS) is 18.6. The molecule has 98 valence electrons. The van der Waals surface area contributed by atoms with Gasteiger partial charge in [0.2, 0.25) is 5.91 Å². The summed E-state index contributed by atoms with van der Waals surface area (Å²) in [6.07, 6.45) is 1.54. The fourth-order valence-electron chi connectivity index (χ4n) is 2.63. The van der Waals surface area contributed by atoms with Gasteiger partial charge in [0.15, 0.2) is 0 Å². The predicted octanol–water partition coefficient (Wildman–Crippen LogP) is 1.12. The fourth-order valence-corrected chi connectivity index (χ4v) is 2.63. The van der Waals surface area contributed by atoms with Crippen molar-refractivity contribution >= 4 is 11.6 Å². The van der Waals surface area contributed by atoms with Crippen molar-refractivity contribution in [3.63, 3.8) is 0 Å². The molecule has 0 aromatic heterocycles. The lowest BCUT2D eigenvalue weighted by Crippen LogP contribution is -2.60. The van der Waals surface area contributed by atoms with E-state index in [9.17, 15) is 4.79 Å². The smallest absolute Gasteiger partial charge is 0.237 e. The van der Waals surface area contributed by atoms with Crippen molar-refractivity contribution < 1.29 is 4.79 Å². The molecular weight excluding hydrogens is 226 g/mol. The summed E-state index contributed by atoms with van der Waals surface area (Å²) in [4.78, 5) is 14.0. The van der Waals surface area contributed by atoms with Gasteiger partial charge in [-0.05, 0) is 31.5 Å². The number of piperidine rings is 1. The van der Waals surface area contributed by atoms with Crippen molar-refractivity contribution in [1.82, 2.24) is 5.32 Å². The number of amides is 1. The first-order chi connectivity index (χ1) is 8.68. The minimum absolute atomic E-state index is 0.225. The largest absolute Gasteiger partial charge is 0.371 e. The van der Waals surface area contributed by atoms with E-state index in [1.54, 1.807) is 0 Å². The van der Waals surface area contributed by atoms with Crippen LogP contribution in [0.15, 0.2) is 30.3 Å². The van der Waals surface area contributed by atoms with Gasteiger partial charge < -0.3 is 16.0 Å². The fraction of sp³-hybridized carbons (Fsp3) is 0.500. The lowest BCUT2D eigenvalue weighted by atomic mass is 9.86. The lowest BCUT2D eigenvalue weighted by Gasteiger charge is -2.41. The molecule has 1 heterocycles. The quantitative estimate of drug-likeness (QED) is 0.838. The van der Waals surface area contributed by atoms with Gasteiger partial charge in [-0.1, -0.05) is 25.1 Å². The zero-order valence-electron chi connectivity index (χ0n) is 10.9. The number of carbonyl (C=O) groups excluding carboxylic acids is 1. The number of benzene rings is 1. The molecule has 1 saturated heterocycles. The number of hydrogen-bond donors (Lipinski definition) is 2. The maximum Gasteiger partial charge on any atom is 0.237 e. The number of para-hydroxylation sites is 1. The average molecular weight is 247 g/mol. The number of primary amides is 1. The maximum atomic E-state index is 11.7. The molecule has 1 aromatic rings. The van der Waals surface area contributed by atoms with Crippen LogP contribution in [0.2, 0.25) is 0 Å². The highest BCUT2D eigenvalue weighted by Crippen LogP contribution is 2.26. The van der Waals surface area contributed by atoms with E-state index in [2.05, 4.69) is 22.3 Å². The summed E-state index contributed by atoms with van der Waals surface area (Å²) in [6.45, 7) is 4.50. The summed E-state index contributed by atoms with van der Waals surface area (Å²) in [5, 5.41) is 3.27. The van der Waals surface area contributed by atoms with Gasteiger partial charge in [-0.2, -0.15) is 0 Å². The molecule has 2 rings (SSSR count). The van der Waals surface area contributed by atoms with Crippen LogP contribution in [-0.2, 0) is 4.79 Å². The van der Waals surface area contributed by atoms with Gasteiger partial charge in [0.25, 0.3) is 0 Å². The number of likely N-dealkylation sites (N-methyl/N-ethyl adjacent to an activating group) is 1. The standard InChI is InChI=1S/C14H21N3O/c1-2-16-14(13(15)18)8-10-17(11-9-14)12-6-4-3-5-7-12/h3-7,16H,2,8-11H2,1H3,(H2,15,18). The molecule has 1 aliphatic rings. The van der Waals surface area contributed by atoms with E-state index in [1.807, 2.05) is 25.1 Å². The summed E-state index contributed by atoms with van der Waals surface area (Å²) in [7, 11) is 0. The summed E-state index contributed by atoms with van der Waals surface area (Å²) in [5.41, 5.74) is 6.25. The molecule has 1 amide bonds. The molecule has 0 atom stereocenters. The van der Waals surface area contributed by atoms with Crippen LogP contribution in [0.25, 0.3) is 0 Å². The summed E-state index contributed by atoms with van der Waals surface area (Å²) >= 11 is 0. The van der Waals surface area contributed by atoms with E-state index in [0.717, 1.165) is 32.5 Å². The van der Waals surface area contributed by atoms with Gasteiger partial charge in [0.05, 0.1) is 0 Å². The Labute approximate surface area is 108 Å². The molecule has 0 spiro atoms. The molecule has 0 unspecified atom stereocenters. The molecule has 1 aromatic carbocycles. The molecule has 0 aliphatic carbocycles. The van der Waals surface area contributed by atoms with E-state index in [0.29, 0.717) is 0 Å². The summed E-state index contributed by atoms with van der Waals surface area (Å²) < 4.78 is 0. The number of nitrogens with zero attached hydrogens (tertiary/aromatic N) is 1. The van der Waals surface area contributed by atoms with Gasteiger partial charge in [0.1, 0.15) is 5.54 Å². The summed E-state index contributed by atoms with van der Waals surface area (Å²) in [5.74, 6) is -0.225. The molecule has 18 heavy (non-hydrogen) atoms. The first-order valence-corrected chi connectivity index (χ1v) is 6.53. The highest BCUT2D eigenvalue weighted by molar-refractivity contribution is 5.85. The Hall–Kier alpha value is -1.55. The van der Waals surface area contributed by atoms with E-state index < -0.39 is 5.54 Å². The number of nitrogens with one attached hydrogen (secondary N) is 1. The highest BCUT2D eigenvalue weighted by Gasteiger charge is 2.38. The predicted molar refractivity (Wildman–Crippen MR) is 73.5 cm³/mol. The van der Waals surface area contributed by atoms with Gasteiger partial charge in [-0.3, -0.25) is 4.79 Å². The molecule has 0 radical (unpaired) electrons. The van der Waals surface area contributed by atoms with Crippen LogP contribution in [0.4, 0.5) is 5.69 Å². The molecule has 0 saturated carbocycles. The Morgan fingerprint density at radius 1 is 1.33 bits per heavy atom. The maximum absolute atomic E-state index is 11.7. The van der Waals surface area contributed by atoms with Crippen LogP contribution >= 0.6 is 0 Å². The second-order valence-corrected chi connectivity index (χ2v) is 4.80. The van der Waals surface area contributed by atoms with Crippen LogP contribution in [0.5, 0.6) is 0 Å². The van der Waals surface area contributed by atoms with E-state index in [-0.39, 0.29) is 5.91 Å². The number of nitrogens with two attached hydrogens (primary N) is 1. The Balaban J connectivity index is 2.05. The Morgan fingerprint density at radius 3 is 2.44 bits per heavy atom. The Bertz CT molecular complexity index is 397. The van der Waals surface area contributed by atoms with Crippen LogP contribution in [0.3, 0.4) is 0 Å². The number of rotatable bonds is 4. The number of anilines is 1. The topological polar surface area (TPSA) is 58.4 Å². The van der Waals surface area contributed by atoms with E-state index >= 15 is 0 Å². The SMILES string of the molecule is CCNC1(C(N)=O)CCN(c2ccccc2)CC1. The first kappa shape index (κ1) is 12.9. The van der Waals surface area contributed by atoms with Crippen molar-refractivity contribution in [3.8, 4) is 0 Å². The van der Waals surface area contributed by atoms with E-state index in [4.69, 9.17) is 5.73 Å². The second-order valence-electron chi connectivity index (χ2n) is 4.80. The van der Waals surface area contributed by atoms with Crippen LogP contribution in [-0.4, -0.2) is 31.1 Å². The number of carbonyl (C=O) groups is 1. The molecule has 4 heteroatoms. The average Bonchev–Trinajstić information content (AvgIpc) is 2.41. The molecule has 0 bridgehead atoms. The Morgan fingerprint density at radius 2 is 1.94 bits per heavy atom.